The van der Waals surface area contributed by atoms with Crippen molar-refractivity contribution in [2.45, 2.75) is 31.3 Å². The summed E-state index contributed by atoms with van der Waals surface area (Å²) in [6.45, 7) is 3.90. The number of ether oxygens (including phenoxy) is 1. The molecule has 70 valence electrons. The lowest BCUT2D eigenvalue weighted by Gasteiger charge is -2.44. The van der Waals surface area contributed by atoms with Crippen molar-refractivity contribution >= 4 is 0 Å². The molecule has 0 aromatic carbocycles. The molecule has 2 rings (SSSR count). The van der Waals surface area contributed by atoms with E-state index in [0.29, 0.717) is 12.1 Å². The molecular formula is C9H18N2O. The van der Waals surface area contributed by atoms with Gasteiger partial charge in [0.1, 0.15) is 0 Å². The summed E-state index contributed by atoms with van der Waals surface area (Å²) in [7, 11) is 0. The second-order valence-electron chi connectivity index (χ2n) is 3.81. The molecule has 2 heterocycles. The van der Waals surface area contributed by atoms with Crippen molar-refractivity contribution in [3.8, 4) is 0 Å². The number of hydrogen-bond donors (Lipinski definition) is 1. The van der Waals surface area contributed by atoms with Gasteiger partial charge in [0.05, 0.1) is 19.3 Å². The van der Waals surface area contributed by atoms with Gasteiger partial charge in [-0.1, -0.05) is 6.42 Å². The number of likely N-dealkylation sites (tertiary alicyclic amines) is 1. The van der Waals surface area contributed by atoms with Gasteiger partial charge >= 0.3 is 0 Å². The van der Waals surface area contributed by atoms with Crippen LogP contribution in [0.15, 0.2) is 0 Å². The average Bonchev–Trinajstić information content (AvgIpc) is 2.02. The fourth-order valence-electron chi connectivity index (χ4n) is 2.17. The maximum Gasteiger partial charge on any atom is 0.0645 e. The lowest BCUT2D eigenvalue weighted by molar-refractivity contribution is -0.0856. The van der Waals surface area contributed by atoms with Crippen LogP contribution in [-0.2, 0) is 4.74 Å². The molecule has 2 aliphatic rings. The Bertz CT molecular complexity index is 147. The Hall–Kier alpha value is -0.120. The lowest BCUT2D eigenvalue weighted by Crippen LogP contribution is -2.56. The van der Waals surface area contributed by atoms with Gasteiger partial charge in [0.15, 0.2) is 0 Å². The zero-order valence-electron chi connectivity index (χ0n) is 7.54. The standard InChI is InChI=1S/C9H18N2O/c10-5-8-3-1-2-4-11(8)9-6-12-7-9/h8-9H,1-7,10H2/t8-/m0/s1. The smallest absolute Gasteiger partial charge is 0.0645 e. The van der Waals surface area contributed by atoms with Crippen molar-refractivity contribution in [1.29, 1.82) is 0 Å². The Balaban J connectivity index is 1.90. The number of nitrogens with two attached hydrogens (primary N) is 1. The predicted octanol–water partition coefficient (Wildman–Crippen LogP) is 0.198. The van der Waals surface area contributed by atoms with Crippen LogP contribution < -0.4 is 5.73 Å². The molecule has 0 aromatic rings. The molecule has 0 unspecified atom stereocenters. The van der Waals surface area contributed by atoms with Crippen molar-refractivity contribution < 1.29 is 4.74 Å². The van der Waals surface area contributed by atoms with E-state index in [0.717, 1.165) is 19.8 Å². The Labute approximate surface area is 73.9 Å². The summed E-state index contributed by atoms with van der Waals surface area (Å²) in [5, 5.41) is 0. The Morgan fingerprint density at radius 1 is 1.33 bits per heavy atom. The molecule has 12 heavy (non-hydrogen) atoms. The highest BCUT2D eigenvalue weighted by Gasteiger charge is 2.32. The summed E-state index contributed by atoms with van der Waals surface area (Å²) in [5.74, 6) is 0. The summed E-state index contributed by atoms with van der Waals surface area (Å²) in [4.78, 5) is 2.55. The van der Waals surface area contributed by atoms with E-state index in [-0.39, 0.29) is 0 Å². The maximum atomic E-state index is 5.73. The first-order chi connectivity index (χ1) is 5.92. The Morgan fingerprint density at radius 2 is 2.17 bits per heavy atom. The highest BCUT2D eigenvalue weighted by molar-refractivity contribution is 4.86. The van der Waals surface area contributed by atoms with Gasteiger partial charge in [-0.05, 0) is 19.4 Å². The van der Waals surface area contributed by atoms with Crippen LogP contribution in [0.25, 0.3) is 0 Å². The maximum absolute atomic E-state index is 5.73. The first-order valence-corrected chi connectivity index (χ1v) is 4.95. The molecule has 0 aromatic heterocycles. The molecule has 0 aliphatic carbocycles. The van der Waals surface area contributed by atoms with Gasteiger partial charge in [-0.25, -0.2) is 0 Å². The minimum absolute atomic E-state index is 0.632. The van der Waals surface area contributed by atoms with Crippen LogP contribution in [0.3, 0.4) is 0 Å². The molecule has 1 atom stereocenters. The second kappa shape index (κ2) is 3.73. The SMILES string of the molecule is NC[C@@H]1CCCCN1C1COC1. The van der Waals surface area contributed by atoms with Crippen molar-refractivity contribution in [2.75, 3.05) is 26.3 Å². The fraction of sp³-hybridized carbons (Fsp3) is 1.00. The van der Waals surface area contributed by atoms with Crippen molar-refractivity contribution in [2.24, 2.45) is 5.73 Å². The van der Waals surface area contributed by atoms with Crippen molar-refractivity contribution in [3.05, 3.63) is 0 Å². The normalized spacial score (nSPS) is 33.2. The Morgan fingerprint density at radius 3 is 2.75 bits per heavy atom. The van der Waals surface area contributed by atoms with Crippen LogP contribution in [0.1, 0.15) is 19.3 Å². The van der Waals surface area contributed by atoms with Crippen LogP contribution in [0.2, 0.25) is 0 Å². The van der Waals surface area contributed by atoms with Gasteiger partial charge in [0, 0.05) is 12.6 Å². The molecular weight excluding hydrogens is 152 g/mol. The topological polar surface area (TPSA) is 38.5 Å². The van der Waals surface area contributed by atoms with E-state index in [4.69, 9.17) is 10.5 Å². The summed E-state index contributed by atoms with van der Waals surface area (Å²) >= 11 is 0. The van der Waals surface area contributed by atoms with Gasteiger partial charge in [-0.3, -0.25) is 4.90 Å². The summed E-state index contributed by atoms with van der Waals surface area (Å²) in [6, 6.07) is 1.31. The highest BCUT2D eigenvalue weighted by Crippen LogP contribution is 2.22. The van der Waals surface area contributed by atoms with Gasteiger partial charge in [0.25, 0.3) is 0 Å². The zero-order chi connectivity index (χ0) is 8.39. The van der Waals surface area contributed by atoms with Crippen molar-refractivity contribution in [3.63, 3.8) is 0 Å². The quantitative estimate of drug-likeness (QED) is 0.643. The second-order valence-corrected chi connectivity index (χ2v) is 3.81. The van der Waals surface area contributed by atoms with E-state index in [1.54, 1.807) is 0 Å². The molecule has 2 fully saturated rings. The van der Waals surface area contributed by atoms with Crippen LogP contribution in [-0.4, -0.2) is 43.3 Å². The van der Waals surface area contributed by atoms with Crippen LogP contribution >= 0.6 is 0 Å². The zero-order valence-corrected chi connectivity index (χ0v) is 7.54. The van der Waals surface area contributed by atoms with E-state index < -0.39 is 0 Å². The number of nitrogens with zero attached hydrogens (tertiary/aromatic N) is 1. The average molecular weight is 170 g/mol. The third-order valence-electron chi connectivity index (χ3n) is 3.03. The number of rotatable bonds is 2. The summed E-state index contributed by atoms with van der Waals surface area (Å²) in [6.07, 6.45) is 3.98. The molecule has 0 radical (unpaired) electrons. The third-order valence-corrected chi connectivity index (χ3v) is 3.03. The van der Waals surface area contributed by atoms with Gasteiger partial charge in [-0.15, -0.1) is 0 Å². The van der Waals surface area contributed by atoms with E-state index in [2.05, 4.69) is 4.90 Å². The lowest BCUT2D eigenvalue weighted by atomic mass is 9.99. The Kier molecular flexibility index (Phi) is 2.63. The van der Waals surface area contributed by atoms with Crippen molar-refractivity contribution in [1.82, 2.24) is 4.90 Å². The fourth-order valence-corrected chi connectivity index (χ4v) is 2.17. The van der Waals surface area contributed by atoms with Crippen LogP contribution in [0, 0.1) is 0 Å². The first-order valence-electron chi connectivity index (χ1n) is 4.95. The number of piperidine rings is 1. The van der Waals surface area contributed by atoms with Gasteiger partial charge in [0.2, 0.25) is 0 Å². The largest absolute Gasteiger partial charge is 0.378 e. The van der Waals surface area contributed by atoms with Gasteiger partial charge < -0.3 is 10.5 Å². The molecule has 2 aliphatic heterocycles. The molecule has 3 nitrogen and oxygen atoms in total. The molecule has 3 heteroatoms. The predicted molar refractivity (Wildman–Crippen MR) is 48.0 cm³/mol. The molecule has 2 N–H and O–H groups in total. The summed E-state index contributed by atoms with van der Waals surface area (Å²) in [5.41, 5.74) is 5.73. The van der Waals surface area contributed by atoms with E-state index >= 15 is 0 Å². The van der Waals surface area contributed by atoms with Crippen LogP contribution in [0.4, 0.5) is 0 Å². The number of hydrogen-bond acceptors (Lipinski definition) is 3. The van der Waals surface area contributed by atoms with E-state index in [9.17, 15) is 0 Å². The van der Waals surface area contributed by atoms with Gasteiger partial charge in [-0.2, -0.15) is 0 Å². The third kappa shape index (κ3) is 1.49. The molecule has 0 bridgehead atoms. The summed E-state index contributed by atoms with van der Waals surface area (Å²) < 4.78 is 5.20. The minimum Gasteiger partial charge on any atom is -0.378 e. The molecule has 0 saturated carbocycles. The van der Waals surface area contributed by atoms with E-state index in [1.807, 2.05) is 0 Å². The van der Waals surface area contributed by atoms with Crippen LogP contribution in [0.5, 0.6) is 0 Å². The monoisotopic (exact) mass is 170 g/mol. The van der Waals surface area contributed by atoms with E-state index in [1.165, 1.54) is 25.8 Å². The first kappa shape index (κ1) is 8.48. The molecule has 0 amide bonds. The molecule has 2 saturated heterocycles. The molecule has 0 spiro atoms. The minimum atomic E-state index is 0.632. The highest BCUT2D eigenvalue weighted by atomic mass is 16.5.